The van der Waals surface area contributed by atoms with Crippen molar-refractivity contribution in [3.63, 3.8) is 0 Å². The summed E-state index contributed by atoms with van der Waals surface area (Å²) in [5.41, 5.74) is 4.47. The van der Waals surface area contributed by atoms with Crippen molar-refractivity contribution < 1.29 is 14.3 Å². The molecule has 0 unspecified atom stereocenters. The normalized spacial score (nSPS) is 10.4. The van der Waals surface area contributed by atoms with Gasteiger partial charge in [0.25, 0.3) is 5.91 Å². The Labute approximate surface area is 186 Å². The number of aryl methyl sites for hydroxylation is 1. The Balaban J connectivity index is 1.41. The third-order valence-corrected chi connectivity index (χ3v) is 4.93. The van der Waals surface area contributed by atoms with Gasteiger partial charge < -0.3 is 14.8 Å². The summed E-state index contributed by atoms with van der Waals surface area (Å²) in [6.07, 6.45) is 3.35. The molecule has 3 aromatic carbocycles. The van der Waals surface area contributed by atoms with Crippen LogP contribution in [-0.2, 0) is 6.54 Å². The van der Waals surface area contributed by atoms with E-state index >= 15 is 0 Å². The molecule has 4 aromatic rings. The van der Waals surface area contributed by atoms with Crippen LogP contribution in [0.3, 0.4) is 0 Å². The van der Waals surface area contributed by atoms with Gasteiger partial charge in [0.2, 0.25) is 0 Å². The first-order valence-corrected chi connectivity index (χ1v) is 10.2. The molecule has 6 nitrogen and oxygen atoms in total. The number of carbonyl (C=O) groups excluding carboxylic acids is 1. The van der Waals surface area contributed by atoms with Crippen LogP contribution in [0.1, 0.15) is 21.5 Å². The summed E-state index contributed by atoms with van der Waals surface area (Å²) in [7, 11) is 1.61. The van der Waals surface area contributed by atoms with Gasteiger partial charge in [0.05, 0.1) is 7.11 Å². The molecule has 0 saturated carbocycles. The van der Waals surface area contributed by atoms with Crippen LogP contribution in [-0.4, -0.2) is 23.0 Å². The van der Waals surface area contributed by atoms with E-state index in [1.807, 2.05) is 49.4 Å². The second-order valence-electron chi connectivity index (χ2n) is 7.28. The first-order valence-electron chi connectivity index (χ1n) is 10.2. The van der Waals surface area contributed by atoms with Crippen LogP contribution in [0.5, 0.6) is 17.5 Å². The van der Waals surface area contributed by atoms with Crippen LogP contribution in [0.25, 0.3) is 11.1 Å². The fourth-order valence-electron chi connectivity index (χ4n) is 3.10. The molecule has 0 fully saturated rings. The molecule has 6 heteroatoms. The van der Waals surface area contributed by atoms with Gasteiger partial charge in [-0.05, 0) is 54.4 Å². The molecule has 4 rings (SSSR count). The van der Waals surface area contributed by atoms with Crippen molar-refractivity contribution in [1.82, 2.24) is 15.3 Å². The Morgan fingerprint density at radius 3 is 2.25 bits per heavy atom. The number of aromatic nitrogens is 2. The van der Waals surface area contributed by atoms with Gasteiger partial charge in [-0.3, -0.25) is 4.79 Å². The Kier molecular flexibility index (Phi) is 6.41. The summed E-state index contributed by atoms with van der Waals surface area (Å²) in [5.74, 6) is 1.23. The van der Waals surface area contributed by atoms with Crippen LogP contribution in [0.15, 0.2) is 85.2 Å². The van der Waals surface area contributed by atoms with Crippen molar-refractivity contribution in [3.05, 3.63) is 102 Å². The van der Waals surface area contributed by atoms with E-state index in [4.69, 9.17) is 9.47 Å². The number of methoxy groups -OCH3 is 1. The average molecular weight is 425 g/mol. The molecule has 0 bridgehead atoms. The lowest BCUT2D eigenvalue weighted by molar-refractivity contribution is 0.0951. The molecule has 1 N–H and O–H groups in total. The minimum absolute atomic E-state index is 0.132. The van der Waals surface area contributed by atoms with Gasteiger partial charge >= 0.3 is 6.01 Å². The van der Waals surface area contributed by atoms with E-state index in [1.54, 1.807) is 49.8 Å². The molecular formula is C26H23N3O3. The maximum atomic E-state index is 12.6. The quantitative estimate of drug-likeness (QED) is 0.441. The summed E-state index contributed by atoms with van der Waals surface area (Å²) < 4.78 is 10.8. The van der Waals surface area contributed by atoms with Crippen molar-refractivity contribution in [3.8, 4) is 28.6 Å². The van der Waals surface area contributed by atoms with Gasteiger partial charge in [0, 0.05) is 30.1 Å². The molecule has 0 saturated heterocycles. The molecule has 160 valence electrons. The summed E-state index contributed by atoms with van der Waals surface area (Å²) in [6, 6.07) is 22.9. The van der Waals surface area contributed by atoms with Crippen LogP contribution in [0.4, 0.5) is 0 Å². The van der Waals surface area contributed by atoms with Crippen molar-refractivity contribution in [2.45, 2.75) is 13.5 Å². The predicted octanol–water partition coefficient (Wildman–Crippen LogP) is 5.18. The first-order chi connectivity index (χ1) is 15.6. The molecule has 0 aliphatic carbocycles. The molecule has 0 radical (unpaired) electrons. The standard InChI is InChI=1S/C26H23N3O3/c1-18-6-8-19(9-7-18)15-27-25(30)21-5-3-4-20(14-21)22-16-28-26(29-17-22)32-24-12-10-23(31-2)11-13-24/h3-14,16-17H,15H2,1-2H3,(H,27,30). The van der Waals surface area contributed by atoms with E-state index in [1.165, 1.54) is 5.56 Å². The lowest BCUT2D eigenvalue weighted by Gasteiger charge is -2.08. The number of carbonyl (C=O) groups is 1. The molecule has 0 aliphatic heterocycles. The number of benzene rings is 3. The maximum absolute atomic E-state index is 12.6. The average Bonchev–Trinajstić information content (AvgIpc) is 2.84. The van der Waals surface area contributed by atoms with Gasteiger partial charge in [0.15, 0.2) is 0 Å². The van der Waals surface area contributed by atoms with Crippen molar-refractivity contribution in [2.75, 3.05) is 7.11 Å². The lowest BCUT2D eigenvalue weighted by atomic mass is 10.1. The molecule has 1 heterocycles. The summed E-state index contributed by atoms with van der Waals surface area (Å²) in [4.78, 5) is 21.2. The van der Waals surface area contributed by atoms with E-state index < -0.39 is 0 Å². The summed E-state index contributed by atoms with van der Waals surface area (Å²) in [5, 5.41) is 2.96. The number of nitrogens with one attached hydrogen (secondary N) is 1. The largest absolute Gasteiger partial charge is 0.497 e. The topological polar surface area (TPSA) is 73.3 Å². The minimum atomic E-state index is -0.132. The van der Waals surface area contributed by atoms with E-state index in [0.29, 0.717) is 17.9 Å². The molecule has 0 spiro atoms. The van der Waals surface area contributed by atoms with Crippen molar-refractivity contribution >= 4 is 5.91 Å². The maximum Gasteiger partial charge on any atom is 0.321 e. The zero-order valence-electron chi connectivity index (χ0n) is 17.9. The number of nitrogens with zero attached hydrogens (tertiary/aromatic N) is 2. The van der Waals surface area contributed by atoms with Gasteiger partial charge in [-0.25, -0.2) is 9.97 Å². The number of amides is 1. The Morgan fingerprint density at radius 2 is 1.56 bits per heavy atom. The van der Waals surface area contributed by atoms with Gasteiger partial charge in [-0.15, -0.1) is 0 Å². The van der Waals surface area contributed by atoms with Crippen molar-refractivity contribution in [1.29, 1.82) is 0 Å². The third kappa shape index (κ3) is 5.29. The van der Waals surface area contributed by atoms with E-state index in [2.05, 4.69) is 15.3 Å². The highest BCUT2D eigenvalue weighted by Gasteiger charge is 2.09. The Hall–Kier alpha value is -4.19. The van der Waals surface area contributed by atoms with Crippen LogP contribution in [0, 0.1) is 6.92 Å². The predicted molar refractivity (Wildman–Crippen MR) is 123 cm³/mol. The van der Waals surface area contributed by atoms with Crippen molar-refractivity contribution in [2.24, 2.45) is 0 Å². The number of hydrogen-bond acceptors (Lipinski definition) is 5. The zero-order valence-corrected chi connectivity index (χ0v) is 17.9. The minimum Gasteiger partial charge on any atom is -0.497 e. The van der Waals surface area contributed by atoms with Gasteiger partial charge in [-0.2, -0.15) is 0 Å². The van der Waals surface area contributed by atoms with Gasteiger partial charge in [-0.1, -0.05) is 42.0 Å². The fourth-order valence-corrected chi connectivity index (χ4v) is 3.10. The summed E-state index contributed by atoms with van der Waals surface area (Å²) in [6.45, 7) is 2.51. The van der Waals surface area contributed by atoms with E-state index in [0.717, 1.165) is 22.4 Å². The lowest BCUT2D eigenvalue weighted by Crippen LogP contribution is -2.22. The monoisotopic (exact) mass is 425 g/mol. The Bertz CT molecular complexity index is 1190. The highest BCUT2D eigenvalue weighted by atomic mass is 16.5. The second kappa shape index (κ2) is 9.75. The van der Waals surface area contributed by atoms with E-state index in [9.17, 15) is 4.79 Å². The first kappa shape index (κ1) is 21.1. The third-order valence-electron chi connectivity index (χ3n) is 4.93. The SMILES string of the molecule is COc1ccc(Oc2ncc(-c3cccc(C(=O)NCc4ccc(C)cc4)c3)cn2)cc1. The molecule has 1 amide bonds. The van der Waals surface area contributed by atoms with Gasteiger partial charge in [0.1, 0.15) is 11.5 Å². The van der Waals surface area contributed by atoms with Crippen LogP contribution < -0.4 is 14.8 Å². The zero-order chi connectivity index (χ0) is 22.3. The molecule has 32 heavy (non-hydrogen) atoms. The molecule has 0 aliphatic rings. The molecular weight excluding hydrogens is 402 g/mol. The number of rotatable bonds is 7. The highest BCUT2D eigenvalue weighted by molar-refractivity contribution is 5.95. The van der Waals surface area contributed by atoms with Crippen LogP contribution >= 0.6 is 0 Å². The molecule has 0 atom stereocenters. The second-order valence-corrected chi connectivity index (χ2v) is 7.28. The van der Waals surface area contributed by atoms with Crippen LogP contribution in [0.2, 0.25) is 0 Å². The number of hydrogen-bond donors (Lipinski definition) is 1. The smallest absolute Gasteiger partial charge is 0.321 e. The molecule has 1 aromatic heterocycles. The van der Waals surface area contributed by atoms with E-state index in [-0.39, 0.29) is 11.9 Å². The number of ether oxygens (including phenoxy) is 2. The Morgan fingerprint density at radius 1 is 0.875 bits per heavy atom. The summed E-state index contributed by atoms with van der Waals surface area (Å²) >= 11 is 0. The fraction of sp³-hybridized carbons (Fsp3) is 0.115. The highest BCUT2D eigenvalue weighted by Crippen LogP contribution is 2.23.